The third-order valence-corrected chi connectivity index (χ3v) is 15.9. The molecule has 0 spiro atoms. The maximum Gasteiger partial charge on any atom is 0.0476 e. The smallest absolute Gasteiger partial charge is 0.0476 e. The highest BCUT2D eigenvalue weighted by atomic mass is 32.1. The predicted molar refractivity (Wildman–Crippen MR) is 283 cm³/mol. The topological polar surface area (TPSA) is 6.48 Å². The molecular weight excluding hydrogens is 813 g/mol. The molecule has 0 N–H and O–H groups in total. The van der Waals surface area contributed by atoms with E-state index in [9.17, 15) is 0 Å². The van der Waals surface area contributed by atoms with Gasteiger partial charge in [0.1, 0.15) is 0 Å². The van der Waals surface area contributed by atoms with Crippen molar-refractivity contribution in [1.29, 1.82) is 0 Å². The lowest BCUT2D eigenvalue weighted by Crippen LogP contribution is -2.10. The Morgan fingerprint density at radius 2 is 0.656 bits per heavy atom. The summed E-state index contributed by atoms with van der Waals surface area (Å²) >= 11 is 3.87. The van der Waals surface area contributed by atoms with E-state index in [2.05, 4.69) is 221 Å². The van der Waals surface area contributed by atoms with Crippen molar-refractivity contribution in [3.63, 3.8) is 0 Å². The fourth-order valence-electron chi connectivity index (χ4n) is 10.1. The molecule has 2 aromatic heterocycles. The molecule has 10 aromatic carbocycles. The van der Waals surface area contributed by atoms with Gasteiger partial charge >= 0.3 is 0 Å². The maximum atomic E-state index is 2.42. The normalized spacial score (nSPS) is 12.2. The Hall–Kier alpha value is -6.72. The van der Waals surface area contributed by atoms with Crippen molar-refractivity contribution < 1.29 is 0 Å². The second-order valence-electron chi connectivity index (χ2n) is 18.3. The minimum absolute atomic E-state index is 0.481. The summed E-state index contributed by atoms with van der Waals surface area (Å²) in [5.74, 6) is 0.963. The molecule has 2 nitrogen and oxygen atoms in total. The zero-order chi connectivity index (χ0) is 43.4. The molecule has 0 atom stereocenters. The quantitative estimate of drug-likeness (QED) is 0.140. The number of hydrogen-bond acceptors (Lipinski definition) is 4. The molecule has 310 valence electrons. The van der Waals surface area contributed by atoms with Crippen molar-refractivity contribution in [1.82, 2.24) is 0 Å². The zero-order valence-electron chi connectivity index (χ0n) is 37.0. The largest absolute Gasteiger partial charge is 0.310 e. The number of aryl methyl sites for hydroxylation is 2. The summed E-state index contributed by atoms with van der Waals surface area (Å²) in [5.41, 5.74) is 12.2. The molecule has 0 bridgehead atoms. The van der Waals surface area contributed by atoms with Gasteiger partial charge in [0.25, 0.3) is 0 Å². The maximum absolute atomic E-state index is 2.42. The van der Waals surface area contributed by atoms with Crippen LogP contribution >= 0.6 is 22.7 Å². The summed E-state index contributed by atoms with van der Waals surface area (Å²) in [5, 5.41) is 13.5. The summed E-state index contributed by atoms with van der Waals surface area (Å²) in [6.07, 6.45) is 0. The molecule has 4 heteroatoms. The van der Waals surface area contributed by atoms with Crippen molar-refractivity contribution >= 4 is 129 Å². The highest BCUT2D eigenvalue weighted by molar-refractivity contribution is 7.27. The van der Waals surface area contributed by atoms with Crippen LogP contribution in [0.5, 0.6) is 0 Å². The van der Waals surface area contributed by atoms with Gasteiger partial charge in [-0.1, -0.05) is 136 Å². The Morgan fingerprint density at radius 3 is 1.02 bits per heavy atom. The Bertz CT molecular complexity index is 3470. The molecule has 0 radical (unpaired) electrons. The van der Waals surface area contributed by atoms with Crippen LogP contribution in [0.1, 0.15) is 61.8 Å². The van der Waals surface area contributed by atoms with Gasteiger partial charge in [-0.15, -0.1) is 22.7 Å². The van der Waals surface area contributed by atoms with Crippen molar-refractivity contribution in [2.45, 2.75) is 53.4 Å². The lowest BCUT2D eigenvalue weighted by atomic mass is 9.89. The molecule has 0 saturated carbocycles. The van der Waals surface area contributed by atoms with Crippen LogP contribution in [0.2, 0.25) is 0 Å². The predicted octanol–water partition coefficient (Wildman–Crippen LogP) is 19.1. The van der Waals surface area contributed by atoms with Gasteiger partial charge in [-0.3, -0.25) is 0 Å². The zero-order valence-corrected chi connectivity index (χ0v) is 38.7. The lowest BCUT2D eigenvalue weighted by molar-refractivity contribution is 0.866. The molecule has 0 aliphatic carbocycles. The lowest BCUT2D eigenvalue weighted by Gasteiger charge is -2.26. The number of thiophene rings is 2. The first-order valence-electron chi connectivity index (χ1n) is 22.5. The fraction of sp³-hybridized carbons (Fsp3) is 0.133. The van der Waals surface area contributed by atoms with E-state index < -0.39 is 0 Å². The highest BCUT2D eigenvalue weighted by Crippen LogP contribution is 2.53. The first-order valence-corrected chi connectivity index (χ1v) is 24.2. The summed E-state index contributed by atoms with van der Waals surface area (Å²) < 4.78 is 5.33. The van der Waals surface area contributed by atoms with Crippen LogP contribution in [0.25, 0.3) is 72.7 Å². The Labute approximate surface area is 382 Å². The van der Waals surface area contributed by atoms with Crippen LogP contribution in [0, 0.1) is 13.8 Å². The third-order valence-electron chi connectivity index (χ3n) is 13.5. The van der Waals surface area contributed by atoms with Crippen molar-refractivity contribution in [2.24, 2.45) is 0 Å². The van der Waals surface area contributed by atoms with Crippen LogP contribution in [0.4, 0.5) is 34.1 Å². The Kier molecular flexibility index (Phi) is 9.09. The van der Waals surface area contributed by atoms with E-state index in [0.29, 0.717) is 11.8 Å². The number of anilines is 6. The molecule has 0 aliphatic rings. The van der Waals surface area contributed by atoms with E-state index in [4.69, 9.17) is 0 Å². The average molecular weight is 861 g/mol. The molecular formula is C60H48N2S2. The van der Waals surface area contributed by atoms with E-state index in [0.717, 1.165) is 11.4 Å². The van der Waals surface area contributed by atoms with Gasteiger partial charge in [0.2, 0.25) is 0 Å². The molecule has 2 heterocycles. The standard InChI is InChI=1S/C60H48N2S2/c1-35(2)39-17-25-43(26-18-39)61(41-21-13-37(5)14-22-41)45-29-31-47-53(33-45)63-59-51-11-8-10-50-56(51)55-49(57(47)59)9-7-12-52(55)60-58(50)48-32-30-46(34-54(48)64-60)62(42-23-15-38(6)16-24-42)44-27-19-40(20-28-44)36(3)4/h7-36H,1-6H3. The number of rotatable bonds is 8. The van der Waals surface area contributed by atoms with E-state index >= 15 is 0 Å². The summed E-state index contributed by atoms with van der Waals surface area (Å²) in [4.78, 5) is 4.82. The molecule has 0 aliphatic heterocycles. The van der Waals surface area contributed by atoms with Crippen molar-refractivity contribution in [3.05, 3.63) is 192 Å². The van der Waals surface area contributed by atoms with Crippen LogP contribution < -0.4 is 9.80 Å². The van der Waals surface area contributed by atoms with Crippen LogP contribution in [-0.2, 0) is 0 Å². The van der Waals surface area contributed by atoms with E-state index in [-0.39, 0.29) is 0 Å². The number of nitrogens with zero attached hydrogens (tertiary/aromatic N) is 2. The van der Waals surface area contributed by atoms with Gasteiger partial charge in [0.15, 0.2) is 0 Å². The third kappa shape index (κ3) is 6.11. The van der Waals surface area contributed by atoms with Gasteiger partial charge < -0.3 is 9.80 Å². The minimum atomic E-state index is 0.481. The van der Waals surface area contributed by atoms with Gasteiger partial charge in [0.05, 0.1) is 0 Å². The minimum Gasteiger partial charge on any atom is -0.310 e. The molecule has 0 unspecified atom stereocenters. The van der Waals surface area contributed by atoms with Gasteiger partial charge in [-0.2, -0.15) is 0 Å². The fourth-order valence-corrected chi connectivity index (χ4v) is 12.7. The van der Waals surface area contributed by atoms with Crippen LogP contribution in [0.3, 0.4) is 0 Å². The number of benzene rings is 10. The Balaban J connectivity index is 1.05. The van der Waals surface area contributed by atoms with E-state index in [1.165, 1.54) is 118 Å². The average Bonchev–Trinajstić information content (AvgIpc) is 3.90. The summed E-state index contributed by atoms with van der Waals surface area (Å²) in [6.45, 7) is 13.3. The molecule has 0 saturated heterocycles. The van der Waals surface area contributed by atoms with Crippen LogP contribution in [0.15, 0.2) is 170 Å². The molecule has 64 heavy (non-hydrogen) atoms. The second-order valence-corrected chi connectivity index (χ2v) is 20.4. The molecule has 12 rings (SSSR count). The van der Waals surface area contributed by atoms with Crippen molar-refractivity contribution in [2.75, 3.05) is 9.80 Å². The number of fused-ring (bicyclic) bond motifs is 10. The summed E-state index contributed by atoms with van der Waals surface area (Å²) in [6, 6.07) is 64.3. The van der Waals surface area contributed by atoms with Gasteiger partial charge in [-0.05, 0) is 131 Å². The molecule has 0 amide bonds. The first-order chi connectivity index (χ1) is 31.2. The monoisotopic (exact) mass is 860 g/mol. The molecule has 12 aromatic rings. The van der Waals surface area contributed by atoms with E-state index in [1.807, 2.05) is 22.7 Å². The SMILES string of the molecule is Cc1ccc(N(c2ccc(C(C)C)cc2)c2ccc3c(c2)sc2c4cccc5c6c7ccc(N(c8ccc(C)cc8)c8ccc(C(C)C)cc8)cc7sc6c6cccc(c32)c6c45)cc1. The summed E-state index contributed by atoms with van der Waals surface area (Å²) in [7, 11) is 0. The second kappa shape index (κ2) is 14.9. The van der Waals surface area contributed by atoms with Crippen LogP contribution in [-0.4, -0.2) is 0 Å². The van der Waals surface area contributed by atoms with Gasteiger partial charge in [-0.25, -0.2) is 0 Å². The van der Waals surface area contributed by atoms with Crippen molar-refractivity contribution in [3.8, 4) is 0 Å². The first kappa shape index (κ1) is 38.9. The number of hydrogen-bond donors (Lipinski definition) is 0. The highest BCUT2D eigenvalue weighted by Gasteiger charge is 2.24. The van der Waals surface area contributed by atoms with E-state index in [1.54, 1.807) is 0 Å². The molecule has 0 fully saturated rings. The van der Waals surface area contributed by atoms with Gasteiger partial charge in [0, 0.05) is 85.2 Å². The Morgan fingerprint density at radius 1 is 0.328 bits per heavy atom.